The normalized spacial score (nSPS) is 11.2. The SMILES string of the molecule is C1=Cc2ccccc2C1.O=C(O)c1ccccc1C(=O)O. The second-order valence-electron chi connectivity index (χ2n) is 4.46. The van der Waals surface area contributed by atoms with Crippen molar-refractivity contribution >= 4 is 18.0 Å². The van der Waals surface area contributed by atoms with Gasteiger partial charge < -0.3 is 10.2 Å². The Kier molecular flexibility index (Phi) is 4.51. The van der Waals surface area contributed by atoms with E-state index in [-0.39, 0.29) is 11.1 Å². The van der Waals surface area contributed by atoms with Crippen LogP contribution in [0, 0.1) is 0 Å². The molecule has 2 aromatic carbocycles. The van der Waals surface area contributed by atoms with Gasteiger partial charge in [0.15, 0.2) is 0 Å². The highest BCUT2D eigenvalue weighted by molar-refractivity contribution is 6.01. The molecule has 21 heavy (non-hydrogen) atoms. The Bertz CT molecular complexity index is 668. The standard InChI is InChI=1S/C9H8.C8H6O4/c1-2-5-9-7-3-6-8(9)4-1;9-7(10)5-3-1-2-4-6(5)8(11)12/h1-6H,7H2;1-4H,(H,9,10)(H,11,12). The first-order chi connectivity index (χ1) is 10.1. The lowest BCUT2D eigenvalue weighted by molar-refractivity contribution is 0.0651. The van der Waals surface area contributed by atoms with Gasteiger partial charge in [-0.2, -0.15) is 0 Å². The van der Waals surface area contributed by atoms with Crippen LogP contribution in [0.2, 0.25) is 0 Å². The minimum absolute atomic E-state index is 0.190. The fourth-order valence-corrected chi connectivity index (χ4v) is 2.05. The summed E-state index contributed by atoms with van der Waals surface area (Å²) in [7, 11) is 0. The minimum Gasteiger partial charge on any atom is -0.478 e. The monoisotopic (exact) mass is 282 g/mol. The fraction of sp³-hybridized carbons (Fsp3) is 0.0588. The van der Waals surface area contributed by atoms with Crippen molar-refractivity contribution in [1.82, 2.24) is 0 Å². The molecule has 0 unspecified atom stereocenters. The Morgan fingerprint density at radius 1 is 0.810 bits per heavy atom. The van der Waals surface area contributed by atoms with Crippen molar-refractivity contribution in [3.05, 3.63) is 76.9 Å². The van der Waals surface area contributed by atoms with Crippen LogP contribution in [0.15, 0.2) is 54.6 Å². The van der Waals surface area contributed by atoms with Gasteiger partial charge in [0.2, 0.25) is 0 Å². The molecule has 0 amide bonds. The van der Waals surface area contributed by atoms with Crippen LogP contribution in [0.4, 0.5) is 0 Å². The molecule has 106 valence electrons. The molecule has 0 bridgehead atoms. The maximum Gasteiger partial charge on any atom is 0.336 e. The van der Waals surface area contributed by atoms with Gasteiger partial charge in [0.25, 0.3) is 0 Å². The second kappa shape index (κ2) is 6.52. The highest BCUT2D eigenvalue weighted by atomic mass is 16.4. The molecule has 0 fully saturated rings. The number of carboxylic acids is 2. The van der Waals surface area contributed by atoms with Crippen LogP contribution in [-0.4, -0.2) is 22.2 Å². The van der Waals surface area contributed by atoms with E-state index in [9.17, 15) is 9.59 Å². The molecule has 2 N–H and O–H groups in total. The average Bonchev–Trinajstić information content (AvgIpc) is 2.96. The van der Waals surface area contributed by atoms with Gasteiger partial charge in [0.05, 0.1) is 11.1 Å². The Morgan fingerprint density at radius 2 is 1.33 bits per heavy atom. The van der Waals surface area contributed by atoms with E-state index >= 15 is 0 Å². The van der Waals surface area contributed by atoms with E-state index < -0.39 is 11.9 Å². The molecule has 4 nitrogen and oxygen atoms in total. The van der Waals surface area contributed by atoms with E-state index in [2.05, 4.69) is 36.4 Å². The lowest BCUT2D eigenvalue weighted by atomic mass is 10.1. The highest BCUT2D eigenvalue weighted by Crippen LogP contribution is 2.17. The molecule has 4 heteroatoms. The van der Waals surface area contributed by atoms with Crippen molar-refractivity contribution in [3.63, 3.8) is 0 Å². The Labute approximate surface area is 122 Å². The Hall–Kier alpha value is -2.88. The first-order valence-corrected chi connectivity index (χ1v) is 6.39. The number of allylic oxidation sites excluding steroid dienone is 1. The molecule has 0 heterocycles. The predicted molar refractivity (Wildman–Crippen MR) is 79.5 cm³/mol. The third kappa shape index (κ3) is 3.57. The molecule has 0 aliphatic heterocycles. The van der Waals surface area contributed by atoms with E-state index in [1.54, 1.807) is 0 Å². The van der Waals surface area contributed by atoms with E-state index in [4.69, 9.17) is 10.2 Å². The van der Waals surface area contributed by atoms with Crippen molar-refractivity contribution < 1.29 is 19.8 Å². The van der Waals surface area contributed by atoms with Crippen molar-refractivity contribution in [2.24, 2.45) is 0 Å². The van der Waals surface area contributed by atoms with E-state index in [1.165, 1.54) is 35.4 Å². The molecule has 1 aliphatic carbocycles. The second-order valence-corrected chi connectivity index (χ2v) is 4.46. The summed E-state index contributed by atoms with van der Waals surface area (Å²) >= 11 is 0. The molecular formula is C17H14O4. The van der Waals surface area contributed by atoms with E-state index in [0.29, 0.717) is 0 Å². The van der Waals surface area contributed by atoms with Gasteiger partial charge in [-0.05, 0) is 29.7 Å². The van der Waals surface area contributed by atoms with Gasteiger partial charge in [-0.15, -0.1) is 0 Å². The van der Waals surface area contributed by atoms with Crippen molar-refractivity contribution in [2.45, 2.75) is 6.42 Å². The number of benzene rings is 2. The summed E-state index contributed by atoms with van der Waals surface area (Å²) in [5.41, 5.74) is 2.46. The number of aromatic carboxylic acids is 2. The lowest BCUT2D eigenvalue weighted by Gasteiger charge is -1.98. The Morgan fingerprint density at radius 3 is 1.86 bits per heavy atom. The summed E-state index contributed by atoms with van der Waals surface area (Å²) in [6.45, 7) is 0. The molecular weight excluding hydrogens is 268 g/mol. The van der Waals surface area contributed by atoms with Crippen molar-refractivity contribution in [3.8, 4) is 0 Å². The van der Waals surface area contributed by atoms with Crippen LogP contribution >= 0.6 is 0 Å². The molecule has 3 rings (SSSR count). The van der Waals surface area contributed by atoms with Crippen LogP contribution in [0.25, 0.3) is 6.08 Å². The Balaban J connectivity index is 0.000000159. The van der Waals surface area contributed by atoms with Gasteiger partial charge in [-0.1, -0.05) is 48.6 Å². The maximum atomic E-state index is 10.5. The third-order valence-corrected chi connectivity index (χ3v) is 3.08. The van der Waals surface area contributed by atoms with E-state index in [1.807, 2.05) is 0 Å². The number of hydrogen-bond donors (Lipinski definition) is 2. The topological polar surface area (TPSA) is 74.6 Å². The molecule has 0 atom stereocenters. The summed E-state index contributed by atoms with van der Waals surface area (Å²) in [5, 5.41) is 17.1. The van der Waals surface area contributed by atoms with Gasteiger partial charge in [0, 0.05) is 0 Å². The van der Waals surface area contributed by atoms with Crippen LogP contribution in [0.1, 0.15) is 31.8 Å². The number of hydrogen-bond acceptors (Lipinski definition) is 2. The average molecular weight is 282 g/mol. The third-order valence-electron chi connectivity index (χ3n) is 3.08. The molecule has 0 saturated carbocycles. The number of carbonyl (C=O) groups is 2. The smallest absolute Gasteiger partial charge is 0.336 e. The summed E-state index contributed by atoms with van der Waals surface area (Å²) < 4.78 is 0. The van der Waals surface area contributed by atoms with Crippen LogP contribution < -0.4 is 0 Å². The van der Waals surface area contributed by atoms with Crippen LogP contribution in [0.5, 0.6) is 0 Å². The lowest BCUT2D eigenvalue weighted by Crippen LogP contribution is -2.06. The number of carboxylic acid groups (broad SMARTS) is 2. The maximum absolute atomic E-state index is 10.5. The first kappa shape index (κ1) is 14.5. The summed E-state index contributed by atoms with van der Waals surface area (Å²) in [4.78, 5) is 20.9. The van der Waals surface area contributed by atoms with Crippen LogP contribution in [-0.2, 0) is 6.42 Å². The van der Waals surface area contributed by atoms with Gasteiger partial charge in [0.1, 0.15) is 0 Å². The number of rotatable bonds is 2. The fourth-order valence-electron chi connectivity index (χ4n) is 2.05. The zero-order valence-corrected chi connectivity index (χ0v) is 11.2. The molecule has 0 radical (unpaired) electrons. The zero-order chi connectivity index (χ0) is 15.2. The highest BCUT2D eigenvalue weighted by Gasteiger charge is 2.13. The van der Waals surface area contributed by atoms with Crippen molar-refractivity contribution in [1.29, 1.82) is 0 Å². The summed E-state index contributed by atoms with van der Waals surface area (Å²) in [6, 6.07) is 14.0. The van der Waals surface area contributed by atoms with E-state index in [0.717, 1.165) is 6.42 Å². The minimum atomic E-state index is -1.23. The molecule has 1 aliphatic rings. The predicted octanol–water partition coefficient (Wildman–Crippen LogP) is 3.34. The molecule has 0 aromatic heterocycles. The van der Waals surface area contributed by atoms with Crippen LogP contribution in [0.3, 0.4) is 0 Å². The first-order valence-electron chi connectivity index (χ1n) is 6.39. The zero-order valence-electron chi connectivity index (χ0n) is 11.2. The molecule has 0 spiro atoms. The van der Waals surface area contributed by atoms with Gasteiger partial charge in [-0.25, -0.2) is 9.59 Å². The summed E-state index contributed by atoms with van der Waals surface area (Å²) in [6.07, 6.45) is 5.50. The number of fused-ring (bicyclic) bond motifs is 1. The van der Waals surface area contributed by atoms with Crippen molar-refractivity contribution in [2.75, 3.05) is 0 Å². The molecule has 0 saturated heterocycles. The largest absolute Gasteiger partial charge is 0.478 e. The quantitative estimate of drug-likeness (QED) is 0.885. The molecule has 2 aromatic rings. The van der Waals surface area contributed by atoms with Gasteiger partial charge >= 0.3 is 11.9 Å². The summed E-state index contributed by atoms with van der Waals surface area (Å²) in [5.74, 6) is -2.46. The van der Waals surface area contributed by atoms with Gasteiger partial charge in [-0.3, -0.25) is 0 Å².